The number of anilines is 1. The maximum Gasteiger partial charge on any atom is 0.0373 e. The van der Waals surface area contributed by atoms with Crippen LogP contribution in [0, 0.1) is 5.92 Å². The first kappa shape index (κ1) is 11.5. The van der Waals surface area contributed by atoms with Crippen LogP contribution in [0.4, 0.5) is 5.69 Å². The van der Waals surface area contributed by atoms with Crippen LogP contribution in [0.2, 0.25) is 0 Å². The topological polar surface area (TPSA) is 24.1 Å². The molecule has 0 aliphatic carbocycles. The van der Waals surface area contributed by atoms with Crippen LogP contribution >= 0.6 is 0 Å². The van der Waals surface area contributed by atoms with Gasteiger partial charge in [-0.25, -0.2) is 0 Å². The minimum Gasteiger partial charge on any atom is -0.384 e. The van der Waals surface area contributed by atoms with Crippen molar-refractivity contribution in [2.24, 2.45) is 5.92 Å². The fraction of sp³-hybridized carbons (Fsp3) is 0.571. The highest BCUT2D eigenvalue weighted by molar-refractivity contribution is 5.57. The minimum atomic E-state index is 0.621. The van der Waals surface area contributed by atoms with E-state index in [1.165, 1.54) is 23.2 Å². The van der Waals surface area contributed by atoms with Crippen LogP contribution in [0.15, 0.2) is 18.2 Å². The molecule has 88 valence electrons. The van der Waals surface area contributed by atoms with Crippen molar-refractivity contribution in [2.75, 3.05) is 25.5 Å². The molecule has 2 rings (SSSR count). The molecule has 0 amide bonds. The van der Waals surface area contributed by atoms with Gasteiger partial charge in [-0.1, -0.05) is 26.0 Å². The van der Waals surface area contributed by atoms with Gasteiger partial charge in [-0.3, -0.25) is 0 Å². The first-order chi connectivity index (χ1) is 7.72. The SMILES string of the molecule is CNCC(c1ccc2c(c1)CCN2)C(C)C. The summed E-state index contributed by atoms with van der Waals surface area (Å²) in [5.74, 6) is 1.30. The van der Waals surface area contributed by atoms with Crippen molar-refractivity contribution in [3.05, 3.63) is 29.3 Å². The highest BCUT2D eigenvalue weighted by atomic mass is 14.9. The third-order valence-electron chi connectivity index (χ3n) is 3.50. The standard InChI is InChI=1S/C14H22N2/c1-10(2)13(9-15-3)11-4-5-14-12(8-11)6-7-16-14/h4-5,8,10,13,15-16H,6-7,9H2,1-3H3. The molecule has 1 unspecified atom stereocenters. The number of nitrogens with one attached hydrogen (secondary N) is 2. The zero-order chi connectivity index (χ0) is 11.5. The number of fused-ring (bicyclic) bond motifs is 1. The van der Waals surface area contributed by atoms with E-state index in [4.69, 9.17) is 0 Å². The average Bonchev–Trinajstić information content (AvgIpc) is 2.72. The molecule has 1 atom stereocenters. The van der Waals surface area contributed by atoms with E-state index < -0.39 is 0 Å². The number of hydrogen-bond acceptors (Lipinski definition) is 2. The zero-order valence-electron chi connectivity index (χ0n) is 10.5. The molecule has 16 heavy (non-hydrogen) atoms. The van der Waals surface area contributed by atoms with Crippen molar-refractivity contribution in [3.8, 4) is 0 Å². The molecular formula is C14H22N2. The summed E-state index contributed by atoms with van der Waals surface area (Å²) in [6.45, 7) is 6.75. The fourth-order valence-electron chi connectivity index (χ4n) is 2.51. The molecule has 1 heterocycles. The summed E-state index contributed by atoms with van der Waals surface area (Å²) in [4.78, 5) is 0. The summed E-state index contributed by atoms with van der Waals surface area (Å²) >= 11 is 0. The van der Waals surface area contributed by atoms with Crippen LogP contribution in [0.1, 0.15) is 30.9 Å². The van der Waals surface area contributed by atoms with Crippen LogP contribution in [-0.4, -0.2) is 20.1 Å². The van der Waals surface area contributed by atoms with Gasteiger partial charge < -0.3 is 10.6 Å². The summed E-state index contributed by atoms with van der Waals surface area (Å²) in [5.41, 5.74) is 4.29. The van der Waals surface area contributed by atoms with Crippen LogP contribution in [0.25, 0.3) is 0 Å². The van der Waals surface area contributed by atoms with E-state index in [-0.39, 0.29) is 0 Å². The second kappa shape index (κ2) is 4.88. The van der Waals surface area contributed by atoms with E-state index in [2.05, 4.69) is 42.7 Å². The third-order valence-corrected chi connectivity index (χ3v) is 3.50. The highest BCUT2D eigenvalue weighted by Gasteiger charge is 2.17. The van der Waals surface area contributed by atoms with Crippen molar-refractivity contribution in [2.45, 2.75) is 26.2 Å². The van der Waals surface area contributed by atoms with E-state index in [1.807, 2.05) is 7.05 Å². The van der Waals surface area contributed by atoms with Crippen molar-refractivity contribution in [1.29, 1.82) is 0 Å². The average molecular weight is 218 g/mol. The lowest BCUT2D eigenvalue weighted by atomic mass is 9.87. The molecule has 1 aliphatic rings. The van der Waals surface area contributed by atoms with Gasteiger partial charge in [-0.15, -0.1) is 0 Å². The Kier molecular flexibility index (Phi) is 3.49. The van der Waals surface area contributed by atoms with Crippen LogP contribution in [0.5, 0.6) is 0 Å². The molecule has 2 heteroatoms. The Hall–Kier alpha value is -1.02. The Bertz CT molecular complexity index is 358. The summed E-state index contributed by atoms with van der Waals surface area (Å²) < 4.78 is 0. The molecule has 0 saturated carbocycles. The van der Waals surface area contributed by atoms with Crippen molar-refractivity contribution in [3.63, 3.8) is 0 Å². The summed E-state index contributed by atoms with van der Waals surface area (Å²) in [6.07, 6.45) is 1.17. The fourth-order valence-corrected chi connectivity index (χ4v) is 2.51. The largest absolute Gasteiger partial charge is 0.384 e. The van der Waals surface area contributed by atoms with Gasteiger partial charge in [0.25, 0.3) is 0 Å². The molecule has 0 saturated heterocycles. The first-order valence-electron chi connectivity index (χ1n) is 6.23. The lowest BCUT2D eigenvalue weighted by Crippen LogP contribution is -2.21. The van der Waals surface area contributed by atoms with Gasteiger partial charge in [0.1, 0.15) is 0 Å². The maximum atomic E-state index is 3.41. The quantitative estimate of drug-likeness (QED) is 0.812. The molecule has 0 fully saturated rings. The molecule has 0 bridgehead atoms. The number of rotatable bonds is 4. The highest BCUT2D eigenvalue weighted by Crippen LogP contribution is 2.29. The van der Waals surface area contributed by atoms with Crippen LogP contribution in [0.3, 0.4) is 0 Å². The number of benzene rings is 1. The van der Waals surface area contributed by atoms with E-state index in [0.717, 1.165) is 13.1 Å². The molecule has 2 N–H and O–H groups in total. The molecule has 2 nitrogen and oxygen atoms in total. The van der Waals surface area contributed by atoms with Crippen molar-refractivity contribution in [1.82, 2.24) is 5.32 Å². The third kappa shape index (κ3) is 2.22. The van der Waals surface area contributed by atoms with E-state index in [0.29, 0.717) is 11.8 Å². The Labute approximate surface area is 98.4 Å². The molecule has 1 aromatic carbocycles. The molecule has 0 spiro atoms. The van der Waals surface area contributed by atoms with Gasteiger partial charge in [0, 0.05) is 18.8 Å². The van der Waals surface area contributed by atoms with Gasteiger partial charge in [0.2, 0.25) is 0 Å². The second-order valence-corrected chi connectivity index (χ2v) is 5.00. The maximum absolute atomic E-state index is 3.41. The first-order valence-corrected chi connectivity index (χ1v) is 6.23. The predicted octanol–water partition coefficient (Wildman–Crippen LogP) is 2.61. The Balaban J connectivity index is 2.24. The molecule has 1 aromatic rings. The molecule has 0 radical (unpaired) electrons. The lowest BCUT2D eigenvalue weighted by molar-refractivity contribution is 0.478. The Morgan fingerprint density at radius 3 is 2.88 bits per heavy atom. The van der Waals surface area contributed by atoms with Gasteiger partial charge in [0.15, 0.2) is 0 Å². The predicted molar refractivity (Wildman–Crippen MR) is 70.1 cm³/mol. The van der Waals surface area contributed by atoms with E-state index >= 15 is 0 Å². The number of hydrogen-bond donors (Lipinski definition) is 2. The van der Waals surface area contributed by atoms with Crippen LogP contribution < -0.4 is 10.6 Å². The van der Waals surface area contributed by atoms with E-state index in [9.17, 15) is 0 Å². The minimum absolute atomic E-state index is 0.621. The van der Waals surface area contributed by atoms with Gasteiger partial charge in [-0.05, 0) is 42.5 Å². The lowest BCUT2D eigenvalue weighted by Gasteiger charge is -2.21. The number of likely N-dealkylation sites (N-methyl/N-ethyl adjacent to an activating group) is 1. The van der Waals surface area contributed by atoms with Crippen molar-refractivity contribution < 1.29 is 0 Å². The summed E-state index contributed by atoms with van der Waals surface area (Å²) in [6, 6.07) is 6.90. The smallest absolute Gasteiger partial charge is 0.0373 e. The molecule has 1 aliphatic heterocycles. The Morgan fingerprint density at radius 1 is 1.38 bits per heavy atom. The van der Waals surface area contributed by atoms with Gasteiger partial charge in [-0.2, -0.15) is 0 Å². The summed E-state index contributed by atoms with van der Waals surface area (Å²) in [5, 5.41) is 6.71. The van der Waals surface area contributed by atoms with Crippen molar-refractivity contribution >= 4 is 5.69 Å². The Morgan fingerprint density at radius 2 is 2.19 bits per heavy atom. The second-order valence-electron chi connectivity index (χ2n) is 5.00. The van der Waals surface area contributed by atoms with Gasteiger partial charge in [0.05, 0.1) is 0 Å². The molecular weight excluding hydrogens is 196 g/mol. The monoisotopic (exact) mass is 218 g/mol. The van der Waals surface area contributed by atoms with Gasteiger partial charge >= 0.3 is 0 Å². The molecule has 0 aromatic heterocycles. The summed E-state index contributed by atoms with van der Waals surface area (Å²) in [7, 11) is 2.03. The van der Waals surface area contributed by atoms with E-state index in [1.54, 1.807) is 0 Å². The zero-order valence-corrected chi connectivity index (χ0v) is 10.5. The normalized spacial score (nSPS) is 16.0. The van der Waals surface area contributed by atoms with Crippen LogP contribution in [-0.2, 0) is 6.42 Å².